The lowest BCUT2D eigenvalue weighted by Crippen LogP contribution is -2.40. The smallest absolute Gasteiger partial charge is 0.220 e. The van der Waals surface area contributed by atoms with Crippen LogP contribution < -0.4 is 11.1 Å². The van der Waals surface area contributed by atoms with Crippen LogP contribution in [0.1, 0.15) is 71.1 Å². The average Bonchev–Trinajstić information content (AvgIpc) is 2.42. The zero-order valence-electron chi connectivity index (χ0n) is 12.3. The van der Waals surface area contributed by atoms with Crippen LogP contribution in [0.4, 0.5) is 0 Å². The Morgan fingerprint density at radius 1 is 1.32 bits per heavy atom. The van der Waals surface area contributed by atoms with Crippen molar-refractivity contribution < 1.29 is 4.79 Å². The second-order valence-corrected chi connectivity index (χ2v) is 5.69. The van der Waals surface area contributed by atoms with E-state index >= 15 is 0 Å². The molecule has 19 heavy (non-hydrogen) atoms. The van der Waals surface area contributed by atoms with Crippen molar-refractivity contribution in [1.82, 2.24) is 5.32 Å². The minimum Gasteiger partial charge on any atom is -0.352 e. The first kappa shape index (κ1) is 18.7. The molecule has 1 amide bonds. The number of carbonyl (C=O) groups excluding carboxylic acids is 1. The van der Waals surface area contributed by atoms with Crippen LogP contribution in [0.2, 0.25) is 0 Å². The third kappa shape index (κ3) is 8.48. The number of nitrogens with two attached hydrogens (primary N) is 1. The first-order valence-electron chi connectivity index (χ1n) is 7.75. The van der Waals surface area contributed by atoms with Crippen molar-refractivity contribution in [3.8, 4) is 0 Å². The first-order chi connectivity index (χ1) is 8.76. The van der Waals surface area contributed by atoms with Crippen molar-refractivity contribution in [2.45, 2.75) is 77.2 Å². The van der Waals surface area contributed by atoms with Gasteiger partial charge in [0, 0.05) is 19.0 Å². The number of halogens is 1. The highest BCUT2D eigenvalue weighted by molar-refractivity contribution is 5.85. The fourth-order valence-corrected chi connectivity index (χ4v) is 2.81. The lowest BCUT2D eigenvalue weighted by atomic mass is 9.86. The average molecular weight is 291 g/mol. The minimum absolute atomic E-state index is 0. The molecule has 1 aliphatic rings. The van der Waals surface area contributed by atoms with E-state index in [2.05, 4.69) is 12.2 Å². The van der Waals surface area contributed by atoms with Gasteiger partial charge in [-0.15, -0.1) is 12.4 Å². The maximum absolute atomic E-state index is 11.9. The molecule has 0 spiro atoms. The van der Waals surface area contributed by atoms with Crippen molar-refractivity contribution in [2.24, 2.45) is 11.7 Å². The number of amides is 1. The summed E-state index contributed by atoms with van der Waals surface area (Å²) in [4.78, 5) is 11.9. The molecule has 3 N–H and O–H groups in total. The Kier molecular flexibility index (Phi) is 11.4. The van der Waals surface area contributed by atoms with Gasteiger partial charge in [0.25, 0.3) is 0 Å². The molecule has 0 aliphatic heterocycles. The largest absolute Gasteiger partial charge is 0.352 e. The standard InChI is InChI=1S/C15H30N2O.ClH/c1-2-3-9-14(12-16)17-15(18)11-10-13-7-5-4-6-8-13;/h13-14H,2-12,16H2,1H3,(H,17,18);1H. The molecular weight excluding hydrogens is 260 g/mol. The Morgan fingerprint density at radius 3 is 2.58 bits per heavy atom. The topological polar surface area (TPSA) is 55.1 Å². The molecular formula is C15H31ClN2O. The maximum atomic E-state index is 11.9. The predicted molar refractivity (Wildman–Crippen MR) is 83.6 cm³/mol. The highest BCUT2D eigenvalue weighted by atomic mass is 35.5. The quantitative estimate of drug-likeness (QED) is 0.720. The summed E-state index contributed by atoms with van der Waals surface area (Å²) in [5.41, 5.74) is 5.69. The molecule has 1 rings (SSSR count). The molecule has 4 heteroatoms. The SMILES string of the molecule is CCCCC(CN)NC(=O)CCC1CCCCC1.Cl. The van der Waals surface area contributed by atoms with Gasteiger partial charge < -0.3 is 11.1 Å². The van der Waals surface area contributed by atoms with Gasteiger partial charge in [0.1, 0.15) is 0 Å². The molecule has 0 bridgehead atoms. The molecule has 1 aliphatic carbocycles. The summed E-state index contributed by atoms with van der Waals surface area (Å²) in [6.07, 6.45) is 11.8. The van der Waals surface area contributed by atoms with E-state index in [-0.39, 0.29) is 24.4 Å². The Bertz CT molecular complexity index is 230. The summed E-state index contributed by atoms with van der Waals surface area (Å²) in [7, 11) is 0. The van der Waals surface area contributed by atoms with Gasteiger partial charge in [-0.3, -0.25) is 4.79 Å². The monoisotopic (exact) mass is 290 g/mol. The second-order valence-electron chi connectivity index (χ2n) is 5.69. The highest BCUT2D eigenvalue weighted by Gasteiger charge is 2.16. The summed E-state index contributed by atoms with van der Waals surface area (Å²) < 4.78 is 0. The Balaban J connectivity index is 0.00000324. The molecule has 0 radical (unpaired) electrons. The Hall–Kier alpha value is -0.280. The fraction of sp³-hybridized carbons (Fsp3) is 0.933. The van der Waals surface area contributed by atoms with Crippen LogP contribution in [0, 0.1) is 5.92 Å². The maximum Gasteiger partial charge on any atom is 0.220 e. The summed E-state index contributed by atoms with van der Waals surface area (Å²) >= 11 is 0. The zero-order chi connectivity index (χ0) is 13.2. The minimum atomic E-state index is 0. The molecule has 3 nitrogen and oxygen atoms in total. The third-order valence-electron chi connectivity index (χ3n) is 4.06. The molecule has 1 saturated carbocycles. The van der Waals surface area contributed by atoms with E-state index in [1.165, 1.54) is 32.1 Å². The Labute approximate surface area is 124 Å². The van der Waals surface area contributed by atoms with Crippen LogP contribution >= 0.6 is 12.4 Å². The highest BCUT2D eigenvalue weighted by Crippen LogP contribution is 2.27. The second kappa shape index (κ2) is 11.5. The molecule has 1 atom stereocenters. The number of unbranched alkanes of at least 4 members (excludes halogenated alkanes) is 1. The van der Waals surface area contributed by atoms with E-state index in [1.54, 1.807) is 0 Å². The number of carbonyl (C=O) groups is 1. The van der Waals surface area contributed by atoms with Crippen molar-refractivity contribution in [2.75, 3.05) is 6.54 Å². The fourth-order valence-electron chi connectivity index (χ4n) is 2.81. The van der Waals surface area contributed by atoms with Gasteiger partial charge in [-0.05, 0) is 18.8 Å². The Morgan fingerprint density at radius 2 is 2.00 bits per heavy atom. The molecule has 0 heterocycles. The van der Waals surface area contributed by atoms with E-state index in [1.807, 2.05) is 0 Å². The number of rotatable bonds is 8. The van der Waals surface area contributed by atoms with Gasteiger partial charge in [0.2, 0.25) is 5.91 Å². The van der Waals surface area contributed by atoms with E-state index in [9.17, 15) is 4.79 Å². The van der Waals surface area contributed by atoms with Crippen LogP contribution in [-0.2, 0) is 4.79 Å². The molecule has 0 aromatic rings. The lowest BCUT2D eigenvalue weighted by molar-refractivity contribution is -0.122. The molecule has 0 saturated heterocycles. The van der Waals surface area contributed by atoms with Gasteiger partial charge in [-0.25, -0.2) is 0 Å². The van der Waals surface area contributed by atoms with Crippen molar-refractivity contribution in [3.05, 3.63) is 0 Å². The lowest BCUT2D eigenvalue weighted by Gasteiger charge is -2.22. The van der Waals surface area contributed by atoms with Gasteiger partial charge in [0.15, 0.2) is 0 Å². The van der Waals surface area contributed by atoms with Crippen LogP contribution in [0.5, 0.6) is 0 Å². The summed E-state index contributed by atoms with van der Waals surface area (Å²) in [6.45, 7) is 2.73. The van der Waals surface area contributed by atoms with Gasteiger partial charge in [0.05, 0.1) is 0 Å². The predicted octanol–water partition coefficient (Wildman–Crippen LogP) is 3.40. The zero-order valence-corrected chi connectivity index (χ0v) is 13.1. The van der Waals surface area contributed by atoms with Crippen molar-refractivity contribution in [1.29, 1.82) is 0 Å². The molecule has 1 unspecified atom stereocenters. The van der Waals surface area contributed by atoms with Crippen molar-refractivity contribution in [3.63, 3.8) is 0 Å². The van der Waals surface area contributed by atoms with Crippen LogP contribution in [0.15, 0.2) is 0 Å². The molecule has 0 aromatic heterocycles. The van der Waals surface area contributed by atoms with Gasteiger partial charge >= 0.3 is 0 Å². The van der Waals surface area contributed by atoms with E-state index < -0.39 is 0 Å². The number of hydrogen-bond donors (Lipinski definition) is 2. The van der Waals surface area contributed by atoms with Crippen LogP contribution in [0.25, 0.3) is 0 Å². The normalized spacial score (nSPS) is 17.6. The third-order valence-corrected chi connectivity index (χ3v) is 4.06. The molecule has 1 fully saturated rings. The van der Waals surface area contributed by atoms with Crippen LogP contribution in [-0.4, -0.2) is 18.5 Å². The summed E-state index contributed by atoms with van der Waals surface area (Å²) in [6, 6.07) is 0.184. The van der Waals surface area contributed by atoms with E-state index in [0.29, 0.717) is 13.0 Å². The number of hydrogen-bond acceptors (Lipinski definition) is 2. The summed E-state index contributed by atoms with van der Waals surface area (Å²) in [5.74, 6) is 0.989. The van der Waals surface area contributed by atoms with Gasteiger partial charge in [-0.1, -0.05) is 51.9 Å². The first-order valence-corrected chi connectivity index (χ1v) is 7.75. The van der Waals surface area contributed by atoms with Crippen LogP contribution in [0.3, 0.4) is 0 Å². The number of nitrogens with one attached hydrogen (secondary N) is 1. The molecule has 114 valence electrons. The summed E-state index contributed by atoms with van der Waals surface area (Å²) in [5, 5.41) is 3.08. The van der Waals surface area contributed by atoms with E-state index in [4.69, 9.17) is 5.73 Å². The van der Waals surface area contributed by atoms with Crippen molar-refractivity contribution >= 4 is 18.3 Å². The molecule has 0 aromatic carbocycles. The van der Waals surface area contributed by atoms with Gasteiger partial charge in [-0.2, -0.15) is 0 Å². The van der Waals surface area contributed by atoms with E-state index in [0.717, 1.165) is 31.6 Å².